The third-order valence-electron chi connectivity index (χ3n) is 2.74. The number of hydrogen-bond donors (Lipinski definition) is 1. The van der Waals surface area contributed by atoms with Crippen LogP contribution in [0.3, 0.4) is 0 Å². The van der Waals surface area contributed by atoms with Crippen molar-refractivity contribution in [3.8, 4) is 0 Å². The van der Waals surface area contributed by atoms with Crippen LogP contribution < -0.4 is 5.73 Å². The van der Waals surface area contributed by atoms with Gasteiger partial charge in [0.05, 0.1) is 10.1 Å². The lowest BCUT2D eigenvalue weighted by Gasteiger charge is -2.22. The fourth-order valence-corrected chi connectivity index (χ4v) is 2.66. The fraction of sp³-hybridized carbons (Fsp3) is 0.462. The van der Waals surface area contributed by atoms with Gasteiger partial charge >= 0.3 is 0 Å². The van der Waals surface area contributed by atoms with Gasteiger partial charge in [0.15, 0.2) is 0 Å². The van der Waals surface area contributed by atoms with Crippen LogP contribution in [0.4, 0.5) is 14.5 Å². The van der Waals surface area contributed by atoms with E-state index in [1.807, 2.05) is 13.8 Å². The molecule has 1 rings (SSSR count). The molecule has 0 aliphatic carbocycles. The van der Waals surface area contributed by atoms with Gasteiger partial charge in [0.25, 0.3) is 0 Å². The van der Waals surface area contributed by atoms with Crippen LogP contribution >= 0.6 is 11.8 Å². The summed E-state index contributed by atoms with van der Waals surface area (Å²) in [5.41, 5.74) is 5.38. The van der Waals surface area contributed by atoms with Crippen molar-refractivity contribution in [2.24, 2.45) is 0 Å². The number of anilines is 1. The van der Waals surface area contributed by atoms with Crippen molar-refractivity contribution in [3.05, 3.63) is 23.8 Å². The number of nitrogens with zero attached hydrogens (tertiary/aromatic N) is 1. The summed E-state index contributed by atoms with van der Waals surface area (Å²) in [7, 11) is 0. The summed E-state index contributed by atoms with van der Waals surface area (Å²) < 4.78 is 27.3. The zero-order chi connectivity index (χ0) is 14.6. The Morgan fingerprint density at radius 2 is 1.79 bits per heavy atom. The van der Waals surface area contributed by atoms with E-state index < -0.39 is 16.9 Å². The molecule has 19 heavy (non-hydrogen) atoms. The molecule has 2 N–H and O–H groups in total. The highest BCUT2D eigenvalue weighted by Gasteiger charge is 2.22. The predicted octanol–water partition coefficient (Wildman–Crippen LogP) is 2.90. The molecule has 3 nitrogen and oxygen atoms in total. The molecule has 1 unspecified atom stereocenters. The zero-order valence-corrected chi connectivity index (χ0v) is 12.1. The molecule has 106 valence electrons. The Morgan fingerprint density at radius 1 is 1.32 bits per heavy atom. The van der Waals surface area contributed by atoms with Crippen molar-refractivity contribution >= 4 is 23.4 Å². The Balaban J connectivity index is 2.88. The second-order valence-electron chi connectivity index (χ2n) is 4.08. The van der Waals surface area contributed by atoms with E-state index in [2.05, 4.69) is 0 Å². The Bertz CT molecular complexity index is 441. The molecule has 1 aromatic carbocycles. The molecular formula is C13H18F2N2OS. The molecule has 1 atom stereocenters. The lowest BCUT2D eigenvalue weighted by molar-refractivity contribution is -0.129. The van der Waals surface area contributed by atoms with E-state index in [1.54, 1.807) is 11.8 Å². The van der Waals surface area contributed by atoms with Gasteiger partial charge in [-0.1, -0.05) is 0 Å². The first kappa shape index (κ1) is 15.8. The fourth-order valence-electron chi connectivity index (χ4n) is 1.71. The average Bonchev–Trinajstić information content (AvgIpc) is 2.34. The van der Waals surface area contributed by atoms with Crippen LogP contribution in [0.15, 0.2) is 17.0 Å². The summed E-state index contributed by atoms with van der Waals surface area (Å²) in [4.78, 5) is 13.5. The molecule has 0 bridgehead atoms. The van der Waals surface area contributed by atoms with Gasteiger partial charge in [-0.2, -0.15) is 0 Å². The first-order valence-corrected chi connectivity index (χ1v) is 6.98. The summed E-state index contributed by atoms with van der Waals surface area (Å²) in [6.07, 6.45) is 0. The molecule has 0 radical (unpaired) electrons. The van der Waals surface area contributed by atoms with Gasteiger partial charge in [0, 0.05) is 18.8 Å². The highest BCUT2D eigenvalue weighted by molar-refractivity contribution is 8.00. The molecule has 0 fully saturated rings. The van der Waals surface area contributed by atoms with Gasteiger partial charge in [-0.25, -0.2) is 8.78 Å². The molecule has 0 aliphatic heterocycles. The normalized spacial score (nSPS) is 12.3. The number of hydrogen-bond acceptors (Lipinski definition) is 3. The minimum atomic E-state index is -0.735. The second-order valence-corrected chi connectivity index (χ2v) is 5.44. The van der Waals surface area contributed by atoms with Crippen LogP contribution in [0.1, 0.15) is 20.8 Å². The van der Waals surface area contributed by atoms with Crippen LogP contribution in [-0.2, 0) is 4.79 Å². The maximum absolute atomic E-state index is 13.6. The van der Waals surface area contributed by atoms with Crippen molar-refractivity contribution in [2.45, 2.75) is 30.9 Å². The summed E-state index contributed by atoms with van der Waals surface area (Å²) in [6.45, 7) is 6.52. The predicted molar refractivity (Wildman–Crippen MR) is 74.0 cm³/mol. The number of nitrogen functional groups attached to an aromatic ring is 1. The third kappa shape index (κ3) is 3.83. The quantitative estimate of drug-likeness (QED) is 0.669. The van der Waals surface area contributed by atoms with E-state index >= 15 is 0 Å². The van der Waals surface area contributed by atoms with E-state index in [1.165, 1.54) is 0 Å². The molecule has 0 heterocycles. The first-order valence-electron chi connectivity index (χ1n) is 6.10. The molecule has 1 aromatic rings. The summed E-state index contributed by atoms with van der Waals surface area (Å²) >= 11 is 0.876. The average molecular weight is 288 g/mol. The molecule has 0 aromatic heterocycles. The van der Waals surface area contributed by atoms with Crippen molar-refractivity contribution in [1.82, 2.24) is 4.90 Å². The van der Waals surface area contributed by atoms with Gasteiger partial charge in [-0.15, -0.1) is 11.8 Å². The third-order valence-corrected chi connectivity index (χ3v) is 3.92. The SMILES string of the molecule is CCN(CC)C(=O)C(C)Sc1c(F)cc(N)cc1F. The minimum Gasteiger partial charge on any atom is -0.399 e. The highest BCUT2D eigenvalue weighted by atomic mass is 32.2. The minimum absolute atomic E-state index is 0.0297. The van der Waals surface area contributed by atoms with Crippen LogP contribution in [0.25, 0.3) is 0 Å². The highest BCUT2D eigenvalue weighted by Crippen LogP contribution is 2.31. The standard InChI is InChI=1S/C13H18F2N2OS/c1-4-17(5-2)13(18)8(3)19-12-10(14)6-9(16)7-11(12)15/h6-8H,4-5,16H2,1-3H3. The van der Waals surface area contributed by atoms with Gasteiger partial charge in [-0.3, -0.25) is 4.79 Å². The smallest absolute Gasteiger partial charge is 0.235 e. The molecule has 0 saturated heterocycles. The van der Waals surface area contributed by atoms with Crippen LogP contribution in [0.2, 0.25) is 0 Å². The number of thioether (sulfide) groups is 1. The molecule has 1 amide bonds. The maximum Gasteiger partial charge on any atom is 0.235 e. The summed E-state index contributed by atoms with van der Waals surface area (Å²) in [5, 5.41) is -0.549. The lowest BCUT2D eigenvalue weighted by atomic mass is 10.3. The first-order chi connectivity index (χ1) is 8.90. The van der Waals surface area contributed by atoms with Crippen molar-refractivity contribution in [3.63, 3.8) is 0 Å². The summed E-state index contributed by atoms with van der Waals surface area (Å²) in [6, 6.07) is 2.11. The van der Waals surface area contributed by atoms with Gasteiger partial charge in [0.2, 0.25) is 5.91 Å². The van der Waals surface area contributed by atoms with Crippen LogP contribution in [-0.4, -0.2) is 29.1 Å². The Morgan fingerprint density at radius 3 is 2.21 bits per heavy atom. The number of carbonyl (C=O) groups excluding carboxylic acids is 1. The monoisotopic (exact) mass is 288 g/mol. The van der Waals surface area contributed by atoms with Gasteiger partial charge in [0.1, 0.15) is 11.6 Å². The van der Waals surface area contributed by atoms with E-state index in [0.29, 0.717) is 13.1 Å². The van der Waals surface area contributed by atoms with E-state index in [0.717, 1.165) is 23.9 Å². The molecule has 0 spiro atoms. The number of amides is 1. The van der Waals surface area contributed by atoms with Gasteiger partial charge < -0.3 is 10.6 Å². The molecule has 0 aliphatic rings. The molecular weight excluding hydrogens is 270 g/mol. The number of rotatable bonds is 5. The number of carbonyl (C=O) groups is 1. The van der Waals surface area contributed by atoms with Gasteiger partial charge in [-0.05, 0) is 32.9 Å². The van der Waals surface area contributed by atoms with Crippen molar-refractivity contribution < 1.29 is 13.6 Å². The Kier molecular flexibility index (Phi) is 5.60. The van der Waals surface area contributed by atoms with E-state index in [-0.39, 0.29) is 16.5 Å². The number of nitrogens with two attached hydrogens (primary N) is 1. The lowest BCUT2D eigenvalue weighted by Crippen LogP contribution is -2.36. The second kappa shape index (κ2) is 6.75. The van der Waals surface area contributed by atoms with Crippen LogP contribution in [0, 0.1) is 11.6 Å². The number of halogens is 2. The zero-order valence-electron chi connectivity index (χ0n) is 11.2. The Labute approximate surface area is 116 Å². The Hall–Kier alpha value is -1.30. The summed E-state index contributed by atoms with van der Waals surface area (Å²) in [5.74, 6) is -1.60. The van der Waals surface area contributed by atoms with Crippen molar-refractivity contribution in [2.75, 3.05) is 18.8 Å². The van der Waals surface area contributed by atoms with E-state index in [9.17, 15) is 13.6 Å². The van der Waals surface area contributed by atoms with Crippen molar-refractivity contribution in [1.29, 1.82) is 0 Å². The maximum atomic E-state index is 13.6. The largest absolute Gasteiger partial charge is 0.399 e. The van der Waals surface area contributed by atoms with Crippen LogP contribution in [0.5, 0.6) is 0 Å². The van der Waals surface area contributed by atoms with E-state index in [4.69, 9.17) is 5.73 Å². The molecule has 6 heteroatoms. The topological polar surface area (TPSA) is 46.3 Å². The number of benzene rings is 1. The molecule has 0 saturated carbocycles.